The van der Waals surface area contributed by atoms with Crippen molar-refractivity contribution in [2.24, 2.45) is 5.41 Å². The summed E-state index contributed by atoms with van der Waals surface area (Å²) < 4.78 is 1.96. The van der Waals surface area contributed by atoms with Crippen LogP contribution in [0.3, 0.4) is 0 Å². The summed E-state index contributed by atoms with van der Waals surface area (Å²) in [5.41, 5.74) is 5.95. The zero-order chi connectivity index (χ0) is 30.2. The average molecular weight is 605 g/mol. The highest BCUT2D eigenvalue weighted by atomic mass is 32.1. The Balaban J connectivity index is 1.18. The number of pyridine rings is 1. The lowest BCUT2D eigenvalue weighted by molar-refractivity contribution is 0.00112. The Kier molecular flexibility index (Phi) is 5.95. The third-order valence-corrected chi connectivity index (χ3v) is 10.7. The summed E-state index contributed by atoms with van der Waals surface area (Å²) in [4.78, 5) is 27.7. The Morgan fingerprint density at radius 1 is 1.11 bits per heavy atom. The normalized spacial score (nSPS) is 20.3. The van der Waals surface area contributed by atoms with Gasteiger partial charge in [-0.3, -0.25) is 19.9 Å². The Labute approximate surface area is 258 Å². The van der Waals surface area contributed by atoms with E-state index in [9.17, 15) is 9.90 Å². The van der Waals surface area contributed by atoms with E-state index in [1.165, 1.54) is 4.88 Å². The van der Waals surface area contributed by atoms with Crippen molar-refractivity contribution in [1.29, 1.82) is 0 Å². The zero-order valence-corrected chi connectivity index (χ0v) is 25.5. The van der Waals surface area contributed by atoms with Crippen molar-refractivity contribution in [3.8, 4) is 33.0 Å². The average Bonchev–Trinajstić information content (AvgIpc) is 3.84. The molecule has 11 heteroatoms. The van der Waals surface area contributed by atoms with E-state index in [-0.39, 0.29) is 17.0 Å². The summed E-state index contributed by atoms with van der Waals surface area (Å²) >= 11 is 1.75. The van der Waals surface area contributed by atoms with Gasteiger partial charge in [0.1, 0.15) is 5.69 Å². The Hall–Kier alpha value is -4.61. The van der Waals surface area contributed by atoms with E-state index in [1.54, 1.807) is 28.6 Å². The number of carboxylic acid groups (broad SMARTS) is 1. The molecule has 0 radical (unpaired) electrons. The SMILES string of the molecule is CC(C)(C)[C@]12C[C@@H](CN1C(=O)O)N(Cc1ccc(-c3ccnc4c(-c5cccc6[nH]ncc56)c(-c5ccncc5)nn34)s1)C2. The van der Waals surface area contributed by atoms with Crippen LogP contribution in [0.1, 0.15) is 32.1 Å². The quantitative estimate of drug-likeness (QED) is 0.233. The molecule has 2 atom stereocenters. The molecular weight excluding hydrogens is 572 g/mol. The predicted molar refractivity (Wildman–Crippen MR) is 170 cm³/mol. The van der Waals surface area contributed by atoms with Crippen LogP contribution < -0.4 is 0 Å². The maximum atomic E-state index is 12.1. The second kappa shape index (κ2) is 9.70. The Morgan fingerprint density at radius 3 is 2.75 bits per heavy atom. The number of likely N-dealkylation sites (tertiary alicyclic amines) is 2. The number of nitrogens with zero attached hydrogens (tertiary/aromatic N) is 7. The fourth-order valence-corrected chi connectivity index (χ4v) is 8.33. The molecule has 0 aliphatic carbocycles. The number of thiophene rings is 1. The molecule has 2 aliphatic heterocycles. The third-order valence-electron chi connectivity index (χ3n) is 9.59. The van der Waals surface area contributed by atoms with Gasteiger partial charge in [-0.15, -0.1) is 11.3 Å². The molecule has 1 aromatic carbocycles. The van der Waals surface area contributed by atoms with Gasteiger partial charge in [-0.25, -0.2) is 14.3 Å². The molecule has 2 saturated heterocycles. The molecule has 2 bridgehead atoms. The van der Waals surface area contributed by atoms with E-state index in [0.717, 1.165) is 69.0 Å². The van der Waals surface area contributed by atoms with Gasteiger partial charge < -0.3 is 5.11 Å². The van der Waals surface area contributed by atoms with Crippen LogP contribution in [0.2, 0.25) is 0 Å². The van der Waals surface area contributed by atoms with Gasteiger partial charge in [0.15, 0.2) is 5.65 Å². The smallest absolute Gasteiger partial charge is 0.407 e. The summed E-state index contributed by atoms with van der Waals surface area (Å²) in [6.45, 7) is 8.60. The number of aromatic amines is 1. The summed E-state index contributed by atoms with van der Waals surface area (Å²) in [6, 6.07) is 16.7. The standard InChI is InChI=1S/C33H32N8O2S/c1-32(2,3)33-15-21(17-40(33)31(42)43)39(19-33)18-22-7-8-27(44-22)26-11-14-35-30-28(23-5-4-6-25-24(23)16-36-37-25)29(38-41(26)30)20-9-12-34-13-10-20/h4-14,16,21H,15,17-19H2,1-3H3,(H,36,37)(H,42,43)/t21-,33+/m0/s1. The first-order chi connectivity index (χ1) is 21.2. The van der Waals surface area contributed by atoms with E-state index in [0.29, 0.717) is 6.54 Å². The van der Waals surface area contributed by atoms with E-state index in [1.807, 2.05) is 47.2 Å². The first kappa shape index (κ1) is 27.0. The molecule has 5 aromatic heterocycles. The molecule has 6 aromatic rings. The van der Waals surface area contributed by atoms with Crippen LogP contribution >= 0.6 is 11.3 Å². The molecule has 8 rings (SSSR count). The van der Waals surface area contributed by atoms with Crippen LogP contribution in [0.4, 0.5) is 4.79 Å². The number of rotatable bonds is 5. The van der Waals surface area contributed by atoms with Gasteiger partial charge in [0.2, 0.25) is 0 Å². The zero-order valence-electron chi connectivity index (χ0n) is 24.7. The first-order valence-electron chi connectivity index (χ1n) is 14.8. The van der Waals surface area contributed by atoms with Gasteiger partial charge >= 0.3 is 6.09 Å². The fraction of sp³-hybridized carbons (Fsp3) is 0.303. The predicted octanol–water partition coefficient (Wildman–Crippen LogP) is 6.42. The second-order valence-electron chi connectivity index (χ2n) is 12.9. The van der Waals surface area contributed by atoms with Crippen molar-refractivity contribution in [2.75, 3.05) is 13.1 Å². The topological polar surface area (TPSA) is 116 Å². The van der Waals surface area contributed by atoms with Crippen molar-refractivity contribution in [3.05, 3.63) is 78.2 Å². The van der Waals surface area contributed by atoms with Crippen molar-refractivity contribution in [3.63, 3.8) is 0 Å². The van der Waals surface area contributed by atoms with Crippen LogP contribution in [0.5, 0.6) is 0 Å². The highest BCUT2D eigenvalue weighted by Crippen LogP contribution is 2.51. The third kappa shape index (κ3) is 3.99. The molecule has 0 unspecified atom stereocenters. The highest BCUT2D eigenvalue weighted by molar-refractivity contribution is 7.15. The van der Waals surface area contributed by atoms with Crippen molar-refractivity contribution in [1.82, 2.24) is 39.6 Å². The number of hydrogen-bond acceptors (Lipinski definition) is 7. The van der Waals surface area contributed by atoms with Gasteiger partial charge in [-0.05, 0) is 53.8 Å². The van der Waals surface area contributed by atoms with Crippen molar-refractivity contribution >= 4 is 34.0 Å². The number of aromatic nitrogens is 6. The Bertz CT molecular complexity index is 2040. The minimum atomic E-state index is -0.809. The summed E-state index contributed by atoms with van der Waals surface area (Å²) in [5, 5.41) is 23.5. The van der Waals surface area contributed by atoms with E-state index >= 15 is 0 Å². The van der Waals surface area contributed by atoms with Crippen molar-refractivity contribution < 1.29 is 9.90 Å². The molecule has 0 saturated carbocycles. The van der Waals surface area contributed by atoms with Crippen LogP contribution in [-0.2, 0) is 6.54 Å². The molecule has 0 spiro atoms. The second-order valence-corrected chi connectivity index (χ2v) is 14.0. The van der Waals surface area contributed by atoms with Gasteiger partial charge in [0.05, 0.1) is 33.4 Å². The number of amides is 1. The molecular formula is C33H32N8O2S. The number of fused-ring (bicyclic) bond motifs is 4. The molecule has 2 fully saturated rings. The lowest BCUT2D eigenvalue weighted by Crippen LogP contribution is -2.61. The van der Waals surface area contributed by atoms with Gasteiger partial charge in [0.25, 0.3) is 0 Å². The van der Waals surface area contributed by atoms with Crippen molar-refractivity contribution in [2.45, 2.75) is 45.3 Å². The molecule has 1 amide bonds. The summed E-state index contributed by atoms with van der Waals surface area (Å²) in [5.74, 6) is 0. The highest BCUT2D eigenvalue weighted by Gasteiger charge is 2.61. The monoisotopic (exact) mass is 604 g/mol. The molecule has 10 nitrogen and oxygen atoms in total. The van der Waals surface area contributed by atoms with E-state index in [4.69, 9.17) is 10.1 Å². The number of carbonyl (C=O) groups is 1. The van der Waals surface area contributed by atoms with Crippen LogP contribution in [0.15, 0.2) is 73.3 Å². The van der Waals surface area contributed by atoms with Crippen LogP contribution in [0.25, 0.3) is 49.5 Å². The largest absolute Gasteiger partial charge is 0.465 e. The molecule has 44 heavy (non-hydrogen) atoms. The summed E-state index contributed by atoms with van der Waals surface area (Å²) in [6.07, 6.45) is 7.34. The lowest BCUT2D eigenvalue weighted by Gasteiger charge is -2.48. The molecule has 2 aliphatic rings. The number of H-pyrrole nitrogens is 1. The maximum Gasteiger partial charge on any atom is 0.407 e. The molecule has 7 heterocycles. The fourth-order valence-electron chi connectivity index (χ4n) is 7.28. The van der Waals surface area contributed by atoms with E-state index < -0.39 is 6.09 Å². The van der Waals surface area contributed by atoms with Gasteiger partial charge in [-0.1, -0.05) is 32.9 Å². The maximum absolute atomic E-state index is 12.1. The molecule has 222 valence electrons. The number of hydrogen-bond donors (Lipinski definition) is 2. The number of piperazine rings is 1. The Morgan fingerprint density at radius 2 is 1.95 bits per heavy atom. The minimum Gasteiger partial charge on any atom is -0.465 e. The number of benzene rings is 1. The summed E-state index contributed by atoms with van der Waals surface area (Å²) in [7, 11) is 0. The lowest BCUT2D eigenvalue weighted by atomic mass is 9.73. The molecule has 2 N–H and O–H groups in total. The minimum absolute atomic E-state index is 0.150. The van der Waals surface area contributed by atoms with Crippen LogP contribution in [-0.4, -0.2) is 75.4 Å². The van der Waals surface area contributed by atoms with Gasteiger partial charge in [-0.2, -0.15) is 10.2 Å². The van der Waals surface area contributed by atoms with Gasteiger partial charge in [0, 0.05) is 60.1 Å². The van der Waals surface area contributed by atoms with Crippen LogP contribution in [0, 0.1) is 5.41 Å². The first-order valence-corrected chi connectivity index (χ1v) is 15.6. The van der Waals surface area contributed by atoms with E-state index in [2.05, 4.69) is 59.1 Å². The number of nitrogens with one attached hydrogen (secondary N) is 1.